The molecule has 1 saturated heterocycles. The van der Waals surface area contributed by atoms with Gasteiger partial charge in [-0.3, -0.25) is 9.59 Å². The Morgan fingerprint density at radius 1 is 1.19 bits per heavy atom. The number of benzene rings is 2. The Morgan fingerprint density at radius 2 is 1.97 bits per heavy atom. The number of rotatable bonds is 3. The van der Waals surface area contributed by atoms with Crippen molar-refractivity contribution < 1.29 is 19.1 Å². The number of nitrogens with zero attached hydrogens (tertiary/aromatic N) is 1. The van der Waals surface area contributed by atoms with E-state index in [2.05, 4.69) is 10.6 Å². The maximum absolute atomic E-state index is 12.8. The fourth-order valence-electron chi connectivity index (χ4n) is 3.83. The number of carbonyl (C=O) groups is 3. The van der Waals surface area contributed by atoms with Crippen LogP contribution in [0.15, 0.2) is 52.3 Å². The van der Waals surface area contributed by atoms with Crippen LogP contribution in [0.5, 0.6) is 0 Å². The predicted molar refractivity (Wildman–Crippen MR) is 123 cm³/mol. The van der Waals surface area contributed by atoms with E-state index >= 15 is 0 Å². The lowest BCUT2D eigenvalue weighted by Crippen LogP contribution is -2.45. The van der Waals surface area contributed by atoms with E-state index in [4.69, 9.17) is 4.74 Å². The topological polar surface area (TPSA) is 87.7 Å². The molecule has 8 heteroatoms. The Balaban J connectivity index is 1.42. The third kappa shape index (κ3) is 4.91. The number of amides is 3. The average molecular weight is 454 g/mol. The van der Waals surface area contributed by atoms with Gasteiger partial charge >= 0.3 is 6.09 Å². The highest BCUT2D eigenvalue weighted by molar-refractivity contribution is 7.99. The molecule has 1 unspecified atom stereocenters. The summed E-state index contributed by atoms with van der Waals surface area (Å²) < 4.78 is 5.49. The molecule has 168 valence electrons. The molecule has 7 nitrogen and oxygen atoms in total. The van der Waals surface area contributed by atoms with Crippen LogP contribution < -0.4 is 10.6 Å². The standard InChI is InChI=1S/C24H27N3O4S/c1-24(2,3)31-23(30)27-12-6-7-16(27)14-25-21(28)15-10-11-20-18(13-15)26-22(29)17-8-4-5-9-19(17)32-20/h4-5,8-11,13,16H,6-7,12,14H2,1-3H3,(H,25,28)(H,26,29). The van der Waals surface area contributed by atoms with Crippen molar-refractivity contribution in [2.75, 3.05) is 18.4 Å². The van der Waals surface area contributed by atoms with Crippen LogP contribution in [0.4, 0.5) is 10.5 Å². The van der Waals surface area contributed by atoms with Crippen LogP contribution in [0.1, 0.15) is 54.3 Å². The van der Waals surface area contributed by atoms with Gasteiger partial charge in [0.25, 0.3) is 11.8 Å². The summed E-state index contributed by atoms with van der Waals surface area (Å²) in [6, 6.07) is 12.6. The molecule has 0 spiro atoms. The monoisotopic (exact) mass is 453 g/mol. The highest BCUT2D eigenvalue weighted by Crippen LogP contribution is 2.39. The average Bonchev–Trinajstić information content (AvgIpc) is 3.15. The summed E-state index contributed by atoms with van der Waals surface area (Å²) in [5.41, 5.74) is 1.12. The zero-order chi connectivity index (χ0) is 22.9. The number of nitrogens with one attached hydrogen (secondary N) is 2. The minimum absolute atomic E-state index is 0.0978. The summed E-state index contributed by atoms with van der Waals surface area (Å²) in [6.07, 6.45) is 1.34. The van der Waals surface area contributed by atoms with Crippen LogP contribution in [-0.2, 0) is 4.74 Å². The summed E-state index contributed by atoms with van der Waals surface area (Å²) >= 11 is 1.50. The fraction of sp³-hybridized carbons (Fsp3) is 0.375. The van der Waals surface area contributed by atoms with Crippen molar-refractivity contribution in [1.82, 2.24) is 10.2 Å². The minimum atomic E-state index is -0.558. The molecule has 2 N–H and O–H groups in total. The van der Waals surface area contributed by atoms with Crippen molar-refractivity contribution in [3.63, 3.8) is 0 Å². The van der Waals surface area contributed by atoms with Crippen molar-refractivity contribution in [3.8, 4) is 0 Å². The van der Waals surface area contributed by atoms with Gasteiger partial charge in [0.05, 0.1) is 17.3 Å². The minimum Gasteiger partial charge on any atom is -0.444 e. The van der Waals surface area contributed by atoms with Crippen LogP contribution in [-0.4, -0.2) is 47.5 Å². The van der Waals surface area contributed by atoms with Crippen molar-refractivity contribution in [1.29, 1.82) is 0 Å². The van der Waals surface area contributed by atoms with Gasteiger partial charge in [0.2, 0.25) is 0 Å². The maximum Gasteiger partial charge on any atom is 0.410 e. The molecule has 2 aromatic rings. The maximum atomic E-state index is 12.8. The highest BCUT2D eigenvalue weighted by Gasteiger charge is 2.32. The van der Waals surface area contributed by atoms with Gasteiger partial charge in [-0.15, -0.1) is 0 Å². The summed E-state index contributed by atoms with van der Waals surface area (Å²) in [7, 11) is 0. The molecule has 2 aliphatic heterocycles. The first-order valence-corrected chi connectivity index (χ1v) is 11.5. The molecule has 32 heavy (non-hydrogen) atoms. The fourth-order valence-corrected chi connectivity index (χ4v) is 4.84. The normalized spacial score (nSPS) is 17.7. The molecule has 1 atom stereocenters. The van der Waals surface area contributed by atoms with Gasteiger partial charge < -0.3 is 20.3 Å². The van der Waals surface area contributed by atoms with Gasteiger partial charge in [0.15, 0.2) is 0 Å². The molecule has 2 aromatic carbocycles. The zero-order valence-corrected chi connectivity index (χ0v) is 19.3. The van der Waals surface area contributed by atoms with E-state index in [1.165, 1.54) is 11.8 Å². The second-order valence-corrected chi connectivity index (χ2v) is 10.0. The van der Waals surface area contributed by atoms with E-state index in [0.717, 1.165) is 22.6 Å². The van der Waals surface area contributed by atoms with Crippen molar-refractivity contribution in [2.45, 2.75) is 55.0 Å². The molecule has 4 rings (SSSR count). The molecule has 2 heterocycles. The van der Waals surface area contributed by atoms with Crippen molar-refractivity contribution >= 4 is 35.4 Å². The van der Waals surface area contributed by atoms with Gasteiger partial charge in [0, 0.05) is 28.4 Å². The Morgan fingerprint density at radius 3 is 2.75 bits per heavy atom. The van der Waals surface area contributed by atoms with E-state index in [9.17, 15) is 14.4 Å². The predicted octanol–water partition coefficient (Wildman–Crippen LogP) is 4.53. The van der Waals surface area contributed by atoms with Gasteiger partial charge in [-0.05, 0) is 63.9 Å². The lowest BCUT2D eigenvalue weighted by Gasteiger charge is -2.28. The molecule has 0 radical (unpaired) electrons. The molecular weight excluding hydrogens is 426 g/mol. The number of hydrogen-bond acceptors (Lipinski definition) is 5. The molecule has 0 bridgehead atoms. The molecule has 0 aromatic heterocycles. The first kappa shape index (κ1) is 22.2. The smallest absolute Gasteiger partial charge is 0.410 e. The third-order valence-electron chi connectivity index (χ3n) is 5.34. The second-order valence-electron chi connectivity index (χ2n) is 8.94. The number of ether oxygens (including phenoxy) is 1. The summed E-state index contributed by atoms with van der Waals surface area (Å²) in [5.74, 6) is -0.437. The largest absolute Gasteiger partial charge is 0.444 e. The molecule has 3 amide bonds. The van der Waals surface area contributed by atoms with Crippen LogP contribution in [0, 0.1) is 0 Å². The SMILES string of the molecule is CC(C)(C)OC(=O)N1CCCC1CNC(=O)c1ccc2c(c1)NC(=O)c1ccccc1S2. The lowest BCUT2D eigenvalue weighted by molar-refractivity contribution is 0.0225. The van der Waals surface area contributed by atoms with Crippen molar-refractivity contribution in [3.05, 3.63) is 53.6 Å². The number of carbonyl (C=O) groups excluding carboxylic acids is 3. The molecule has 2 aliphatic rings. The van der Waals surface area contributed by atoms with Gasteiger partial charge in [0.1, 0.15) is 5.60 Å². The summed E-state index contributed by atoms with van der Waals surface area (Å²) in [6.45, 7) is 6.49. The number of fused-ring (bicyclic) bond motifs is 2. The van der Waals surface area contributed by atoms with Gasteiger partial charge in [-0.25, -0.2) is 4.79 Å². The first-order chi connectivity index (χ1) is 15.2. The summed E-state index contributed by atoms with van der Waals surface area (Å²) in [5, 5.41) is 5.84. The Bertz CT molecular complexity index is 1060. The van der Waals surface area contributed by atoms with Gasteiger partial charge in [-0.1, -0.05) is 23.9 Å². The second kappa shape index (κ2) is 8.86. The molecule has 0 aliphatic carbocycles. The first-order valence-electron chi connectivity index (χ1n) is 10.7. The Hall–Kier alpha value is -3.00. The lowest BCUT2D eigenvalue weighted by atomic mass is 10.1. The van der Waals surface area contributed by atoms with Crippen molar-refractivity contribution in [2.24, 2.45) is 0 Å². The van der Waals surface area contributed by atoms with E-state index in [1.54, 1.807) is 23.1 Å². The molecular formula is C24H27N3O4S. The van der Waals surface area contributed by atoms with E-state index < -0.39 is 5.60 Å². The highest BCUT2D eigenvalue weighted by atomic mass is 32.2. The Labute approximate surface area is 191 Å². The van der Waals surface area contributed by atoms with Crippen LogP contribution >= 0.6 is 11.8 Å². The summed E-state index contributed by atoms with van der Waals surface area (Å²) in [4.78, 5) is 41.3. The molecule has 0 saturated carbocycles. The van der Waals surface area contributed by atoms with E-state index in [0.29, 0.717) is 29.9 Å². The number of anilines is 1. The van der Waals surface area contributed by atoms with Gasteiger partial charge in [-0.2, -0.15) is 0 Å². The van der Waals surface area contributed by atoms with Crippen LogP contribution in [0.25, 0.3) is 0 Å². The molecule has 1 fully saturated rings. The van der Waals surface area contributed by atoms with Crippen LogP contribution in [0.3, 0.4) is 0 Å². The quantitative estimate of drug-likeness (QED) is 0.713. The number of likely N-dealkylation sites (tertiary alicyclic amines) is 1. The van der Waals surface area contributed by atoms with E-state index in [1.807, 2.05) is 45.0 Å². The van der Waals surface area contributed by atoms with E-state index in [-0.39, 0.29) is 23.9 Å². The van der Waals surface area contributed by atoms with Crippen LogP contribution in [0.2, 0.25) is 0 Å². The zero-order valence-electron chi connectivity index (χ0n) is 18.4. The Kier molecular flexibility index (Phi) is 6.15. The third-order valence-corrected chi connectivity index (χ3v) is 6.50. The number of hydrogen-bond donors (Lipinski definition) is 2.